The molecule has 1 aliphatic rings. The van der Waals surface area contributed by atoms with Crippen LogP contribution in [0.1, 0.15) is 31.9 Å². The number of hydrogen-bond acceptors (Lipinski definition) is 2. The summed E-state index contributed by atoms with van der Waals surface area (Å²) in [6, 6.07) is 0.350. The Morgan fingerprint density at radius 3 is 2.94 bits per heavy atom. The first-order valence-electron chi connectivity index (χ1n) is 6.07. The Labute approximate surface area is 107 Å². The van der Waals surface area contributed by atoms with Crippen LogP contribution in [0.3, 0.4) is 0 Å². The molecule has 17 heavy (non-hydrogen) atoms. The number of rotatable bonds is 2. The lowest BCUT2D eigenvalue weighted by Gasteiger charge is -2.33. The first-order chi connectivity index (χ1) is 8.08. The van der Waals surface area contributed by atoms with Gasteiger partial charge >= 0.3 is 0 Å². The lowest BCUT2D eigenvalue weighted by atomic mass is 10.0. The van der Waals surface area contributed by atoms with Gasteiger partial charge in [-0.15, -0.1) is 0 Å². The Balaban J connectivity index is 2.00. The number of piperidine rings is 1. The molecule has 0 aliphatic carbocycles. The van der Waals surface area contributed by atoms with Gasteiger partial charge in [0.2, 0.25) is 5.91 Å². The summed E-state index contributed by atoms with van der Waals surface area (Å²) in [4.78, 5) is 14.1. The van der Waals surface area contributed by atoms with Crippen LogP contribution >= 0.6 is 11.6 Å². The summed E-state index contributed by atoms with van der Waals surface area (Å²) in [6.07, 6.45) is 5.14. The molecule has 94 valence electrons. The highest BCUT2D eigenvalue weighted by atomic mass is 35.5. The van der Waals surface area contributed by atoms with Gasteiger partial charge in [0.15, 0.2) is 0 Å². The van der Waals surface area contributed by atoms with Gasteiger partial charge in [-0.3, -0.25) is 9.48 Å². The van der Waals surface area contributed by atoms with Crippen molar-refractivity contribution in [1.29, 1.82) is 0 Å². The molecule has 1 aromatic heterocycles. The van der Waals surface area contributed by atoms with Crippen LogP contribution in [0.5, 0.6) is 0 Å². The highest BCUT2D eigenvalue weighted by molar-refractivity contribution is 6.31. The summed E-state index contributed by atoms with van der Waals surface area (Å²) in [7, 11) is 0. The van der Waals surface area contributed by atoms with Crippen LogP contribution in [-0.4, -0.2) is 33.2 Å². The number of amides is 1. The van der Waals surface area contributed by atoms with Gasteiger partial charge in [0, 0.05) is 18.8 Å². The molecule has 1 atom stereocenters. The van der Waals surface area contributed by atoms with E-state index in [-0.39, 0.29) is 12.5 Å². The topological polar surface area (TPSA) is 38.1 Å². The van der Waals surface area contributed by atoms with Crippen molar-refractivity contribution in [2.45, 2.75) is 45.7 Å². The normalized spacial score (nSPS) is 20.6. The van der Waals surface area contributed by atoms with Gasteiger partial charge in [0.25, 0.3) is 0 Å². The predicted octanol–water partition coefficient (Wildman–Crippen LogP) is 2.25. The molecule has 0 N–H and O–H groups in total. The van der Waals surface area contributed by atoms with E-state index in [1.54, 1.807) is 10.9 Å². The van der Waals surface area contributed by atoms with Gasteiger partial charge in [0.1, 0.15) is 6.54 Å². The molecule has 2 heterocycles. The van der Waals surface area contributed by atoms with E-state index < -0.39 is 0 Å². The average molecular weight is 256 g/mol. The molecule has 5 heteroatoms. The number of carbonyl (C=O) groups excluding carboxylic acids is 1. The lowest BCUT2D eigenvalue weighted by molar-refractivity contribution is -0.135. The van der Waals surface area contributed by atoms with Crippen LogP contribution < -0.4 is 0 Å². The Hall–Kier alpha value is -1.03. The second-order valence-electron chi connectivity index (χ2n) is 4.69. The minimum Gasteiger partial charge on any atom is -0.338 e. The van der Waals surface area contributed by atoms with Gasteiger partial charge < -0.3 is 4.90 Å². The van der Waals surface area contributed by atoms with Crippen LogP contribution in [-0.2, 0) is 11.3 Å². The molecule has 1 aromatic rings. The highest BCUT2D eigenvalue weighted by Crippen LogP contribution is 2.17. The number of carbonyl (C=O) groups is 1. The largest absolute Gasteiger partial charge is 0.338 e. The summed E-state index contributed by atoms with van der Waals surface area (Å²) in [6.45, 7) is 5.11. The fraction of sp³-hybridized carbons (Fsp3) is 0.667. The van der Waals surface area contributed by atoms with Crippen molar-refractivity contribution < 1.29 is 4.79 Å². The van der Waals surface area contributed by atoms with Crippen molar-refractivity contribution in [3.8, 4) is 0 Å². The minimum atomic E-state index is 0.136. The van der Waals surface area contributed by atoms with Gasteiger partial charge in [-0.25, -0.2) is 0 Å². The van der Waals surface area contributed by atoms with E-state index in [4.69, 9.17) is 11.6 Å². The van der Waals surface area contributed by atoms with Crippen molar-refractivity contribution in [2.75, 3.05) is 6.54 Å². The van der Waals surface area contributed by atoms with Crippen LogP contribution in [0.25, 0.3) is 0 Å². The molecule has 2 rings (SSSR count). The third-order valence-corrected chi connectivity index (χ3v) is 3.68. The molecular weight excluding hydrogens is 238 g/mol. The average Bonchev–Trinajstić information content (AvgIpc) is 2.58. The van der Waals surface area contributed by atoms with E-state index in [0.29, 0.717) is 11.1 Å². The number of nitrogens with zero attached hydrogens (tertiary/aromatic N) is 3. The number of aromatic nitrogens is 2. The molecule has 0 unspecified atom stereocenters. The van der Waals surface area contributed by atoms with Crippen molar-refractivity contribution in [3.63, 3.8) is 0 Å². The quantitative estimate of drug-likeness (QED) is 0.813. The lowest BCUT2D eigenvalue weighted by Crippen LogP contribution is -2.43. The van der Waals surface area contributed by atoms with Gasteiger partial charge in [-0.1, -0.05) is 11.6 Å². The molecule has 1 fully saturated rings. The second-order valence-corrected chi connectivity index (χ2v) is 5.10. The Kier molecular flexibility index (Phi) is 3.72. The van der Waals surface area contributed by atoms with Gasteiger partial charge in [-0.05, 0) is 33.1 Å². The van der Waals surface area contributed by atoms with E-state index in [9.17, 15) is 4.79 Å². The number of aryl methyl sites for hydroxylation is 1. The first kappa shape index (κ1) is 12.4. The smallest absolute Gasteiger partial charge is 0.244 e. The fourth-order valence-corrected chi connectivity index (χ4v) is 2.42. The Bertz CT molecular complexity index is 396. The van der Waals surface area contributed by atoms with Crippen LogP contribution in [0, 0.1) is 6.92 Å². The van der Waals surface area contributed by atoms with Crippen molar-refractivity contribution >= 4 is 17.5 Å². The molecule has 4 nitrogen and oxygen atoms in total. The summed E-state index contributed by atoms with van der Waals surface area (Å²) >= 11 is 5.92. The van der Waals surface area contributed by atoms with Crippen LogP contribution in [0.4, 0.5) is 0 Å². The van der Waals surface area contributed by atoms with E-state index in [1.807, 2.05) is 11.8 Å². The van der Waals surface area contributed by atoms with Crippen LogP contribution in [0.2, 0.25) is 5.02 Å². The summed E-state index contributed by atoms with van der Waals surface area (Å²) in [5.41, 5.74) is 0.770. The zero-order valence-electron chi connectivity index (χ0n) is 10.3. The molecular formula is C12H18ClN3O. The zero-order valence-corrected chi connectivity index (χ0v) is 11.1. The third kappa shape index (κ3) is 2.80. The fourth-order valence-electron chi connectivity index (χ4n) is 2.27. The summed E-state index contributed by atoms with van der Waals surface area (Å²) < 4.78 is 1.63. The maximum atomic E-state index is 12.1. The zero-order chi connectivity index (χ0) is 12.4. The molecule has 0 aromatic carbocycles. The summed E-state index contributed by atoms with van der Waals surface area (Å²) in [5.74, 6) is 0.136. The molecule has 1 amide bonds. The standard InChI is InChI=1S/C12H18ClN3O/c1-9-5-3-4-6-16(9)12(17)8-15-7-11(13)10(2)14-15/h7,9H,3-6,8H2,1-2H3/t9-/m1/s1. The molecule has 1 saturated heterocycles. The maximum Gasteiger partial charge on any atom is 0.244 e. The molecule has 0 saturated carbocycles. The van der Waals surface area contributed by atoms with Gasteiger partial charge in [-0.2, -0.15) is 5.10 Å². The molecule has 1 aliphatic heterocycles. The van der Waals surface area contributed by atoms with E-state index in [1.165, 1.54) is 6.42 Å². The molecule has 0 bridgehead atoms. The Morgan fingerprint density at radius 1 is 1.59 bits per heavy atom. The maximum absolute atomic E-state index is 12.1. The van der Waals surface area contributed by atoms with Crippen molar-refractivity contribution in [3.05, 3.63) is 16.9 Å². The summed E-state index contributed by atoms with van der Waals surface area (Å²) in [5, 5.41) is 4.82. The first-order valence-corrected chi connectivity index (χ1v) is 6.44. The minimum absolute atomic E-state index is 0.136. The predicted molar refractivity (Wildman–Crippen MR) is 67.0 cm³/mol. The van der Waals surface area contributed by atoms with E-state index in [2.05, 4.69) is 12.0 Å². The third-order valence-electron chi connectivity index (χ3n) is 3.31. The van der Waals surface area contributed by atoms with Crippen molar-refractivity contribution in [2.24, 2.45) is 0 Å². The number of likely N-dealkylation sites (tertiary alicyclic amines) is 1. The molecule has 0 radical (unpaired) electrons. The van der Waals surface area contributed by atoms with E-state index >= 15 is 0 Å². The highest BCUT2D eigenvalue weighted by Gasteiger charge is 2.23. The SMILES string of the molecule is Cc1nn(CC(=O)N2CCCC[C@H]2C)cc1Cl. The monoisotopic (exact) mass is 255 g/mol. The van der Waals surface area contributed by atoms with Crippen molar-refractivity contribution in [1.82, 2.24) is 14.7 Å². The second kappa shape index (κ2) is 5.08. The Morgan fingerprint density at radius 2 is 2.35 bits per heavy atom. The number of hydrogen-bond donors (Lipinski definition) is 0. The number of halogens is 1. The molecule has 0 spiro atoms. The van der Waals surface area contributed by atoms with E-state index in [0.717, 1.165) is 25.1 Å². The van der Waals surface area contributed by atoms with Crippen LogP contribution in [0.15, 0.2) is 6.20 Å². The van der Waals surface area contributed by atoms with Gasteiger partial charge in [0.05, 0.1) is 10.7 Å².